The fourth-order valence-electron chi connectivity index (χ4n) is 3.51. The van der Waals surface area contributed by atoms with Gasteiger partial charge in [-0.1, -0.05) is 6.07 Å². The summed E-state index contributed by atoms with van der Waals surface area (Å²) < 4.78 is 13.5. The predicted molar refractivity (Wildman–Crippen MR) is 85.7 cm³/mol. The molecule has 4 rings (SSSR count). The first-order valence-electron chi connectivity index (χ1n) is 8.22. The number of pyridine rings is 1. The summed E-state index contributed by atoms with van der Waals surface area (Å²) in [4.78, 5) is 18.9. The van der Waals surface area contributed by atoms with Crippen LogP contribution in [0.2, 0.25) is 0 Å². The van der Waals surface area contributed by atoms with Gasteiger partial charge in [-0.25, -0.2) is 4.98 Å². The van der Waals surface area contributed by atoms with Gasteiger partial charge in [0.1, 0.15) is 17.9 Å². The van der Waals surface area contributed by atoms with Crippen molar-refractivity contribution in [3.63, 3.8) is 0 Å². The van der Waals surface area contributed by atoms with E-state index < -0.39 is 0 Å². The molecule has 0 saturated carbocycles. The van der Waals surface area contributed by atoms with Crippen LogP contribution >= 0.6 is 0 Å². The highest BCUT2D eigenvalue weighted by atomic mass is 16.5. The Morgan fingerprint density at radius 3 is 3.00 bits per heavy atom. The minimum atomic E-state index is -0.117. The number of nitrogens with zero attached hydrogens (tertiary/aromatic N) is 4. The largest absolute Gasteiger partial charge is 0.471 e. The van der Waals surface area contributed by atoms with Gasteiger partial charge in [0.05, 0.1) is 6.04 Å². The van der Waals surface area contributed by atoms with Crippen molar-refractivity contribution in [2.24, 2.45) is 7.05 Å². The lowest BCUT2D eigenvalue weighted by atomic mass is 9.95. The molecule has 0 aromatic carbocycles. The van der Waals surface area contributed by atoms with Gasteiger partial charge in [0.25, 0.3) is 5.91 Å². The van der Waals surface area contributed by atoms with Gasteiger partial charge < -0.3 is 14.4 Å². The van der Waals surface area contributed by atoms with Crippen LogP contribution in [0.1, 0.15) is 23.3 Å². The molecule has 7 nitrogen and oxygen atoms in total. The number of amides is 1. The molecule has 2 fully saturated rings. The highest BCUT2D eigenvalue weighted by Gasteiger charge is 2.45. The van der Waals surface area contributed by atoms with Gasteiger partial charge in [0.2, 0.25) is 5.88 Å². The maximum Gasteiger partial charge on any atom is 0.274 e. The monoisotopic (exact) mass is 328 g/mol. The van der Waals surface area contributed by atoms with Gasteiger partial charge in [-0.15, -0.1) is 0 Å². The van der Waals surface area contributed by atoms with E-state index in [-0.39, 0.29) is 24.2 Å². The standard InChI is InChI=1S/C17H20N4O3/c1-20-9-5-12(19-20)17(22)21-10-6-14(16-13(21)7-11-23-16)24-15-4-2-3-8-18-15/h2-5,8-9,13-14,16H,6-7,10-11H2,1H3/t13-,14+,16-/m0/s1. The van der Waals surface area contributed by atoms with Gasteiger partial charge in [-0.3, -0.25) is 9.48 Å². The van der Waals surface area contributed by atoms with Crippen molar-refractivity contribution < 1.29 is 14.3 Å². The molecule has 126 valence electrons. The van der Waals surface area contributed by atoms with Gasteiger partial charge in [0.15, 0.2) is 0 Å². The highest BCUT2D eigenvalue weighted by molar-refractivity contribution is 5.92. The van der Waals surface area contributed by atoms with E-state index in [1.807, 2.05) is 30.1 Å². The summed E-state index contributed by atoms with van der Waals surface area (Å²) in [6.45, 7) is 1.28. The molecule has 3 atom stereocenters. The van der Waals surface area contributed by atoms with E-state index in [1.165, 1.54) is 0 Å². The number of aromatic nitrogens is 3. The van der Waals surface area contributed by atoms with E-state index in [4.69, 9.17) is 9.47 Å². The molecule has 0 bridgehead atoms. The average molecular weight is 328 g/mol. The summed E-state index contributed by atoms with van der Waals surface area (Å²) in [7, 11) is 1.81. The van der Waals surface area contributed by atoms with Crippen molar-refractivity contribution in [1.82, 2.24) is 19.7 Å². The Hall–Kier alpha value is -2.41. The molecule has 0 spiro atoms. The molecule has 1 amide bonds. The number of hydrogen-bond donors (Lipinski definition) is 0. The average Bonchev–Trinajstić information content (AvgIpc) is 3.25. The summed E-state index contributed by atoms with van der Waals surface area (Å²) in [6.07, 6.45) is 4.84. The van der Waals surface area contributed by atoms with Gasteiger partial charge in [-0.05, 0) is 18.6 Å². The molecule has 7 heteroatoms. The first-order chi connectivity index (χ1) is 11.7. The van der Waals surface area contributed by atoms with Gasteiger partial charge >= 0.3 is 0 Å². The smallest absolute Gasteiger partial charge is 0.274 e. The predicted octanol–water partition coefficient (Wildman–Crippen LogP) is 1.27. The molecule has 0 unspecified atom stereocenters. The molecular formula is C17H20N4O3. The Balaban J connectivity index is 1.50. The summed E-state index contributed by atoms with van der Waals surface area (Å²) >= 11 is 0. The SMILES string of the molecule is Cn1ccc(C(=O)N2CC[C@@H](Oc3ccccn3)[C@H]3OCC[C@@H]32)n1. The van der Waals surface area contributed by atoms with Crippen LogP contribution in [-0.4, -0.2) is 57.0 Å². The number of carbonyl (C=O) groups is 1. The quantitative estimate of drug-likeness (QED) is 0.848. The molecule has 0 aliphatic carbocycles. The van der Waals surface area contributed by atoms with Crippen LogP contribution in [0.3, 0.4) is 0 Å². The van der Waals surface area contributed by atoms with Gasteiger partial charge in [-0.2, -0.15) is 5.10 Å². The zero-order valence-corrected chi connectivity index (χ0v) is 13.5. The number of ether oxygens (including phenoxy) is 2. The molecule has 0 radical (unpaired) electrons. The maximum absolute atomic E-state index is 12.8. The Bertz CT molecular complexity index is 718. The zero-order valence-electron chi connectivity index (χ0n) is 13.5. The van der Waals surface area contributed by atoms with E-state index >= 15 is 0 Å². The zero-order chi connectivity index (χ0) is 16.5. The Kier molecular flexibility index (Phi) is 3.93. The topological polar surface area (TPSA) is 69.5 Å². The van der Waals surface area contributed by atoms with Crippen LogP contribution in [0.5, 0.6) is 5.88 Å². The second-order valence-corrected chi connectivity index (χ2v) is 6.18. The highest BCUT2D eigenvalue weighted by Crippen LogP contribution is 2.31. The summed E-state index contributed by atoms with van der Waals surface area (Å²) in [5.74, 6) is 0.564. The number of likely N-dealkylation sites (tertiary alicyclic amines) is 1. The molecule has 2 aromatic heterocycles. The number of piperidine rings is 1. The Morgan fingerprint density at radius 1 is 1.33 bits per heavy atom. The third-order valence-electron chi connectivity index (χ3n) is 4.63. The number of rotatable bonds is 3. The number of aryl methyl sites for hydroxylation is 1. The molecule has 24 heavy (non-hydrogen) atoms. The normalized spacial score (nSPS) is 26.2. The van der Waals surface area contributed by atoms with E-state index in [9.17, 15) is 4.79 Å². The van der Waals surface area contributed by atoms with Crippen LogP contribution < -0.4 is 4.74 Å². The maximum atomic E-state index is 12.8. The minimum absolute atomic E-state index is 0.0296. The molecule has 2 aliphatic heterocycles. The first-order valence-corrected chi connectivity index (χ1v) is 8.22. The summed E-state index contributed by atoms with van der Waals surface area (Å²) in [6, 6.07) is 7.38. The van der Waals surface area contributed by atoms with Crippen molar-refractivity contribution in [3.05, 3.63) is 42.4 Å². The lowest BCUT2D eigenvalue weighted by Crippen LogP contribution is -2.56. The van der Waals surface area contributed by atoms with Crippen molar-refractivity contribution in [1.29, 1.82) is 0 Å². The molecule has 2 aromatic rings. The second kappa shape index (κ2) is 6.24. The van der Waals surface area contributed by atoms with Crippen LogP contribution in [-0.2, 0) is 11.8 Å². The first kappa shape index (κ1) is 15.1. The minimum Gasteiger partial charge on any atom is -0.471 e. The van der Waals surface area contributed by atoms with Crippen LogP contribution in [0.25, 0.3) is 0 Å². The summed E-state index contributed by atoms with van der Waals surface area (Å²) in [5.41, 5.74) is 0.479. The van der Waals surface area contributed by atoms with Crippen molar-refractivity contribution >= 4 is 5.91 Å². The fraction of sp³-hybridized carbons (Fsp3) is 0.471. The van der Waals surface area contributed by atoms with Gasteiger partial charge in [0, 0.05) is 45.1 Å². The van der Waals surface area contributed by atoms with E-state index in [0.717, 1.165) is 12.8 Å². The lowest BCUT2D eigenvalue weighted by Gasteiger charge is -2.40. The number of fused-ring (bicyclic) bond motifs is 1. The van der Waals surface area contributed by atoms with Crippen molar-refractivity contribution in [3.8, 4) is 5.88 Å². The number of carbonyl (C=O) groups excluding carboxylic acids is 1. The molecule has 2 saturated heterocycles. The number of hydrogen-bond acceptors (Lipinski definition) is 5. The van der Waals surface area contributed by atoms with Crippen molar-refractivity contribution in [2.75, 3.05) is 13.2 Å². The van der Waals surface area contributed by atoms with Crippen LogP contribution in [0.4, 0.5) is 0 Å². The molecular weight excluding hydrogens is 308 g/mol. The lowest BCUT2D eigenvalue weighted by molar-refractivity contribution is -0.0477. The van der Waals surface area contributed by atoms with Crippen LogP contribution in [0.15, 0.2) is 36.7 Å². The molecule has 0 N–H and O–H groups in total. The van der Waals surface area contributed by atoms with E-state index in [2.05, 4.69) is 10.1 Å². The molecule has 4 heterocycles. The third-order valence-corrected chi connectivity index (χ3v) is 4.63. The second-order valence-electron chi connectivity index (χ2n) is 6.18. The van der Waals surface area contributed by atoms with E-state index in [0.29, 0.717) is 24.7 Å². The fourth-order valence-corrected chi connectivity index (χ4v) is 3.51. The Labute approximate surface area is 140 Å². The Morgan fingerprint density at radius 2 is 2.25 bits per heavy atom. The molecule has 2 aliphatic rings. The van der Waals surface area contributed by atoms with Crippen LogP contribution in [0, 0.1) is 0 Å². The van der Waals surface area contributed by atoms with Crippen molar-refractivity contribution in [2.45, 2.75) is 31.1 Å². The third kappa shape index (κ3) is 2.75. The van der Waals surface area contributed by atoms with E-state index in [1.54, 1.807) is 23.1 Å². The summed E-state index contributed by atoms with van der Waals surface area (Å²) in [5, 5.41) is 4.23.